The number of carbonyl (C=O) groups is 7. The number of aliphatic hydroxyl groups is 2. The monoisotopic (exact) mass is 810 g/mol. The normalized spacial score (nSPS) is 19.7. The Bertz CT molecular complexity index is 1430. The van der Waals surface area contributed by atoms with Crippen molar-refractivity contribution in [2.75, 3.05) is 27.7 Å². The fourth-order valence-corrected chi connectivity index (χ4v) is 6.68. The van der Waals surface area contributed by atoms with Crippen molar-refractivity contribution in [3.63, 3.8) is 0 Å². The van der Waals surface area contributed by atoms with Crippen LogP contribution < -0.4 is 16.4 Å². The third-order valence-corrected chi connectivity index (χ3v) is 11.4. The van der Waals surface area contributed by atoms with Gasteiger partial charge in [-0.2, -0.15) is 0 Å². The van der Waals surface area contributed by atoms with Crippen LogP contribution in [0.2, 0.25) is 0 Å². The zero-order valence-corrected chi connectivity index (χ0v) is 36.1. The molecule has 0 saturated carbocycles. The number of aliphatic carboxylic acids is 1. The van der Waals surface area contributed by atoms with Crippen LogP contribution in [0, 0.1) is 23.7 Å². The summed E-state index contributed by atoms with van der Waals surface area (Å²) in [6, 6.07) is -8.47. The Morgan fingerprint density at radius 3 is 1.82 bits per heavy atom. The van der Waals surface area contributed by atoms with Crippen molar-refractivity contribution in [1.29, 1.82) is 0 Å². The van der Waals surface area contributed by atoms with Crippen LogP contribution in [-0.4, -0.2) is 159 Å². The molecule has 1 rings (SSSR count). The van der Waals surface area contributed by atoms with E-state index in [1.54, 1.807) is 47.6 Å². The van der Waals surface area contributed by atoms with Crippen LogP contribution >= 0.6 is 0 Å². The number of nitrogens with zero attached hydrogens (tertiary/aromatic N) is 4. The molecule has 0 aromatic carbocycles. The molecule has 6 amide bonds. The van der Waals surface area contributed by atoms with Gasteiger partial charge in [-0.3, -0.25) is 28.8 Å². The number of carboxylic acid groups (broad SMARTS) is 1. The summed E-state index contributed by atoms with van der Waals surface area (Å²) in [5, 5.41) is 36.8. The predicted octanol–water partition coefficient (Wildman–Crippen LogP) is 0.562. The van der Waals surface area contributed by atoms with E-state index in [0.29, 0.717) is 25.7 Å². The Hall–Kier alpha value is -4.09. The van der Waals surface area contributed by atoms with Crippen LogP contribution in [-0.2, 0) is 33.6 Å². The number of aliphatic hydroxyl groups excluding tert-OH is 2. The molecule has 11 atom stereocenters. The highest BCUT2D eigenvalue weighted by atomic mass is 16.4. The Labute approximate surface area is 338 Å². The molecular formula is C40H71N7O10. The largest absolute Gasteiger partial charge is 0.480 e. The number of likely N-dealkylation sites (tertiary alicyclic amines) is 1. The Morgan fingerprint density at radius 2 is 1.33 bits per heavy atom. The molecule has 0 bridgehead atoms. The molecule has 17 nitrogen and oxygen atoms in total. The average Bonchev–Trinajstić information content (AvgIpc) is 3.18. The lowest BCUT2D eigenvalue weighted by Gasteiger charge is -2.39. The number of hydrogen-bond acceptors (Lipinski definition) is 10. The van der Waals surface area contributed by atoms with Crippen molar-refractivity contribution in [1.82, 2.24) is 30.2 Å². The molecule has 0 aliphatic carbocycles. The maximum Gasteiger partial charge on any atom is 0.326 e. The van der Waals surface area contributed by atoms with Gasteiger partial charge in [0.25, 0.3) is 0 Å². The van der Waals surface area contributed by atoms with Gasteiger partial charge in [-0.05, 0) is 63.2 Å². The number of nitrogens with one attached hydrogen (secondary N) is 2. The van der Waals surface area contributed by atoms with Crippen LogP contribution in [0.3, 0.4) is 0 Å². The number of rotatable bonds is 21. The molecule has 17 heteroatoms. The highest BCUT2D eigenvalue weighted by molar-refractivity contribution is 5.97. The lowest BCUT2D eigenvalue weighted by Crippen LogP contribution is -2.63. The van der Waals surface area contributed by atoms with Gasteiger partial charge in [0.1, 0.15) is 42.3 Å². The van der Waals surface area contributed by atoms with Crippen LogP contribution in [0.1, 0.15) is 94.4 Å². The molecule has 0 spiro atoms. The van der Waals surface area contributed by atoms with Crippen LogP contribution in [0.25, 0.3) is 0 Å². The first-order valence-corrected chi connectivity index (χ1v) is 20.1. The van der Waals surface area contributed by atoms with Gasteiger partial charge < -0.3 is 51.3 Å². The Morgan fingerprint density at radius 1 is 0.789 bits per heavy atom. The lowest BCUT2D eigenvalue weighted by molar-refractivity contribution is -0.156. The number of carboxylic acids is 1. The molecule has 0 aromatic heterocycles. The van der Waals surface area contributed by atoms with Crippen LogP contribution in [0.4, 0.5) is 0 Å². The van der Waals surface area contributed by atoms with E-state index in [9.17, 15) is 48.9 Å². The Balaban J connectivity index is 3.42. The summed E-state index contributed by atoms with van der Waals surface area (Å²) >= 11 is 0. The second-order valence-corrected chi connectivity index (χ2v) is 16.4. The minimum Gasteiger partial charge on any atom is -0.480 e. The molecule has 326 valence electrons. The van der Waals surface area contributed by atoms with Gasteiger partial charge in [-0.25, -0.2) is 4.79 Å². The third-order valence-electron chi connectivity index (χ3n) is 11.4. The second-order valence-electron chi connectivity index (χ2n) is 16.4. The molecule has 1 saturated heterocycles. The van der Waals surface area contributed by atoms with Crippen LogP contribution in [0.15, 0.2) is 12.7 Å². The fourth-order valence-electron chi connectivity index (χ4n) is 6.68. The van der Waals surface area contributed by atoms with Gasteiger partial charge in [0.05, 0.1) is 12.2 Å². The van der Waals surface area contributed by atoms with E-state index in [0.717, 1.165) is 14.7 Å². The van der Waals surface area contributed by atoms with Gasteiger partial charge in [0.2, 0.25) is 35.4 Å². The standard InChI is InChI=1S/C40H71N7O10/c1-14-23(7)20-27(38(54)44(11)26(10)37(53)47-19-17-16-18-28(47)40(56)57)42-35(51)31(33(49)22(5)6)46(13)36(52)25(9)45(12)39(55)30(24(8)15-2)43-34(50)29(41)32(48)21(3)4/h14,21-33,48-49H,1,15-20,41H2,2-13H3,(H,42,51)(H,43,50)(H,56,57)/t23-,24-,25-,26-,27-,28+,29+,30+,31-,32+,33?/m0/s1. The first kappa shape index (κ1) is 50.9. The summed E-state index contributed by atoms with van der Waals surface area (Å²) in [5.41, 5.74) is 5.99. The van der Waals surface area contributed by atoms with E-state index >= 15 is 0 Å². The molecule has 0 aromatic rings. The van der Waals surface area contributed by atoms with Crippen molar-refractivity contribution >= 4 is 41.4 Å². The minimum absolute atomic E-state index is 0.0527. The summed E-state index contributed by atoms with van der Waals surface area (Å²) in [6.45, 7) is 19.0. The van der Waals surface area contributed by atoms with E-state index in [-0.39, 0.29) is 24.8 Å². The molecule has 57 heavy (non-hydrogen) atoms. The van der Waals surface area contributed by atoms with Gasteiger partial charge in [-0.1, -0.05) is 61.0 Å². The average molecular weight is 810 g/mol. The quantitative estimate of drug-likeness (QED) is 0.0876. The summed E-state index contributed by atoms with van der Waals surface area (Å²) in [4.78, 5) is 99.3. The van der Waals surface area contributed by atoms with Crippen molar-refractivity contribution in [2.45, 2.75) is 149 Å². The lowest BCUT2D eigenvalue weighted by atomic mass is 9.94. The van der Waals surface area contributed by atoms with Gasteiger partial charge in [-0.15, -0.1) is 6.58 Å². The number of allylic oxidation sites excluding steroid dienone is 1. The number of amides is 6. The fraction of sp³-hybridized carbons (Fsp3) is 0.775. The first-order chi connectivity index (χ1) is 26.4. The molecule has 7 N–H and O–H groups in total. The third kappa shape index (κ3) is 13.2. The number of piperidine rings is 1. The Kier molecular flexibility index (Phi) is 20.3. The molecule has 1 aliphatic heterocycles. The summed E-state index contributed by atoms with van der Waals surface area (Å²) in [5.74, 6) is -6.81. The van der Waals surface area contributed by atoms with Crippen LogP contribution in [0.5, 0.6) is 0 Å². The summed E-state index contributed by atoms with van der Waals surface area (Å²) in [7, 11) is 4.08. The number of hydrogen-bond donors (Lipinski definition) is 6. The van der Waals surface area contributed by atoms with Gasteiger partial charge in [0.15, 0.2) is 0 Å². The minimum atomic E-state index is -1.53. The van der Waals surface area contributed by atoms with Crippen molar-refractivity contribution in [3.05, 3.63) is 12.7 Å². The molecule has 1 aliphatic rings. The number of carbonyl (C=O) groups excluding carboxylic acids is 6. The maximum atomic E-state index is 14.2. The number of likely N-dealkylation sites (N-methyl/N-ethyl adjacent to an activating group) is 3. The summed E-state index contributed by atoms with van der Waals surface area (Å²) < 4.78 is 0. The van der Waals surface area contributed by atoms with E-state index in [4.69, 9.17) is 5.73 Å². The second kappa shape index (κ2) is 22.7. The maximum absolute atomic E-state index is 14.2. The molecule has 1 unspecified atom stereocenters. The van der Waals surface area contributed by atoms with Crippen molar-refractivity contribution in [3.8, 4) is 0 Å². The zero-order chi connectivity index (χ0) is 44.2. The van der Waals surface area contributed by atoms with Crippen molar-refractivity contribution in [2.24, 2.45) is 29.4 Å². The predicted molar refractivity (Wildman–Crippen MR) is 215 cm³/mol. The van der Waals surface area contributed by atoms with E-state index < -0.39 is 108 Å². The molecule has 1 heterocycles. The van der Waals surface area contributed by atoms with E-state index in [1.807, 2.05) is 6.92 Å². The highest BCUT2D eigenvalue weighted by Gasteiger charge is 2.43. The van der Waals surface area contributed by atoms with E-state index in [2.05, 4.69) is 17.2 Å². The SMILES string of the molecule is C=C[C@H](C)C[C@H](NC(=O)[C@H](C(O)C(C)C)N(C)C(=O)[C@H](C)N(C)C(=O)[C@H](NC(=O)[C@H](N)[C@H](O)C(C)C)[C@@H](C)CC)C(=O)N(C)[C@@H](C)C(=O)N1CCCC[C@@H]1C(=O)O. The highest BCUT2D eigenvalue weighted by Crippen LogP contribution is 2.22. The van der Waals surface area contributed by atoms with Crippen molar-refractivity contribution < 1.29 is 48.9 Å². The zero-order valence-electron chi connectivity index (χ0n) is 36.1. The summed E-state index contributed by atoms with van der Waals surface area (Å²) in [6.07, 6.45) is 1.10. The van der Waals surface area contributed by atoms with Gasteiger partial charge >= 0.3 is 5.97 Å². The number of nitrogens with two attached hydrogens (primary N) is 1. The molecular weight excluding hydrogens is 738 g/mol. The first-order valence-electron chi connectivity index (χ1n) is 20.1. The van der Waals surface area contributed by atoms with E-state index in [1.165, 1.54) is 39.9 Å². The smallest absolute Gasteiger partial charge is 0.326 e. The molecule has 0 radical (unpaired) electrons. The topological polar surface area (TPSA) is 243 Å². The molecule has 1 fully saturated rings. The van der Waals surface area contributed by atoms with Gasteiger partial charge in [0, 0.05) is 27.7 Å².